The standard InChI is InChI=1S/C23H34N4O8/c1-13(2)16-19-27-17(20(29)32-6)15(34-19)10-8-7-9-11-24-21(30)33-12-14(18(28)26-16)25-22(31)35-23(3,4)5/h7,9,13-14,16H,8,10-12H2,1-6H3,(H,24,30)(H,25,31)(H,26,28). The molecule has 2 bridgehead atoms. The highest BCUT2D eigenvalue weighted by atomic mass is 16.6. The number of aromatic nitrogens is 1. The van der Waals surface area contributed by atoms with Gasteiger partial charge in [0.15, 0.2) is 5.69 Å². The molecule has 0 aliphatic carbocycles. The average molecular weight is 495 g/mol. The molecule has 12 nitrogen and oxygen atoms in total. The number of hydrogen-bond acceptors (Lipinski definition) is 9. The van der Waals surface area contributed by atoms with E-state index in [9.17, 15) is 19.2 Å². The normalized spacial score (nSPS) is 19.9. The Bertz CT molecular complexity index is 948. The Labute approximate surface area is 204 Å². The van der Waals surface area contributed by atoms with Crippen LogP contribution in [0.15, 0.2) is 16.6 Å². The van der Waals surface area contributed by atoms with Crippen molar-refractivity contribution in [2.75, 3.05) is 20.3 Å². The highest BCUT2D eigenvalue weighted by Crippen LogP contribution is 2.25. The number of carbonyl (C=O) groups excluding carboxylic acids is 4. The largest absolute Gasteiger partial charge is 0.464 e. The first-order valence-corrected chi connectivity index (χ1v) is 11.3. The zero-order chi connectivity index (χ0) is 26.2. The minimum absolute atomic E-state index is 0.0279. The Balaban J connectivity index is 2.39. The second-order valence-electron chi connectivity index (χ2n) is 9.23. The van der Waals surface area contributed by atoms with Crippen molar-refractivity contribution in [3.63, 3.8) is 0 Å². The molecule has 0 spiro atoms. The molecule has 0 radical (unpaired) electrons. The summed E-state index contributed by atoms with van der Waals surface area (Å²) in [6.07, 6.45) is 2.77. The predicted molar refractivity (Wildman–Crippen MR) is 124 cm³/mol. The number of fused-ring (bicyclic) bond motifs is 2. The quantitative estimate of drug-likeness (QED) is 0.326. The molecule has 2 heterocycles. The Morgan fingerprint density at radius 1 is 1.23 bits per heavy atom. The third-order valence-corrected chi connectivity index (χ3v) is 4.78. The summed E-state index contributed by atoms with van der Waals surface area (Å²) < 4.78 is 21.1. The molecule has 1 aliphatic rings. The Kier molecular flexibility index (Phi) is 9.67. The van der Waals surface area contributed by atoms with Crippen LogP contribution < -0.4 is 16.0 Å². The van der Waals surface area contributed by atoms with Crippen molar-refractivity contribution in [2.45, 2.75) is 65.1 Å². The van der Waals surface area contributed by atoms with Gasteiger partial charge in [0.2, 0.25) is 11.8 Å². The van der Waals surface area contributed by atoms with Gasteiger partial charge in [-0.25, -0.2) is 19.4 Å². The predicted octanol–water partition coefficient (Wildman–Crippen LogP) is 2.40. The number of hydrogen-bond donors (Lipinski definition) is 3. The molecule has 35 heavy (non-hydrogen) atoms. The van der Waals surface area contributed by atoms with Gasteiger partial charge in [-0.2, -0.15) is 0 Å². The van der Waals surface area contributed by atoms with Gasteiger partial charge in [-0.1, -0.05) is 26.0 Å². The van der Waals surface area contributed by atoms with Crippen molar-refractivity contribution in [3.05, 3.63) is 29.5 Å². The van der Waals surface area contributed by atoms with Crippen LogP contribution in [0.4, 0.5) is 9.59 Å². The molecule has 2 unspecified atom stereocenters. The lowest BCUT2D eigenvalue weighted by Crippen LogP contribution is -2.52. The number of rotatable bonds is 3. The van der Waals surface area contributed by atoms with Crippen molar-refractivity contribution >= 4 is 24.1 Å². The average Bonchev–Trinajstić information content (AvgIpc) is 3.18. The molecule has 0 saturated carbocycles. The molecule has 2 rings (SSSR count). The lowest BCUT2D eigenvalue weighted by Gasteiger charge is -2.25. The maximum absolute atomic E-state index is 13.2. The van der Waals surface area contributed by atoms with Gasteiger partial charge >= 0.3 is 18.2 Å². The van der Waals surface area contributed by atoms with Gasteiger partial charge in [0.25, 0.3) is 0 Å². The third-order valence-electron chi connectivity index (χ3n) is 4.78. The van der Waals surface area contributed by atoms with Gasteiger partial charge < -0.3 is 34.6 Å². The smallest absolute Gasteiger partial charge is 0.408 e. The topological polar surface area (TPSA) is 158 Å². The Hall–Kier alpha value is -3.57. The van der Waals surface area contributed by atoms with Crippen molar-refractivity contribution in [3.8, 4) is 0 Å². The van der Waals surface area contributed by atoms with Crippen LogP contribution in [0, 0.1) is 5.92 Å². The summed E-state index contributed by atoms with van der Waals surface area (Å²) in [6, 6.07) is -2.02. The summed E-state index contributed by atoms with van der Waals surface area (Å²) in [7, 11) is 1.24. The van der Waals surface area contributed by atoms with Gasteiger partial charge in [-0.05, 0) is 33.1 Å². The number of nitrogens with one attached hydrogen (secondary N) is 3. The fourth-order valence-electron chi connectivity index (χ4n) is 3.10. The van der Waals surface area contributed by atoms with Gasteiger partial charge in [0, 0.05) is 13.0 Å². The number of oxazole rings is 1. The zero-order valence-corrected chi connectivity index (χ0v) is 20.9. The Morgan fingerprint density at radius 3 is 2.57 bits per heavy atom. The van der Waals surface area contributed by atoms with E-state index in [0.29, 0.717) is 18.6 Å². The molecule has 3 amide bonds. The van der Waals surface area contributed by atoms with Crippen molar-refractivity contribution < 1.29 is 37.8 Å². The lowest BCUT2D eigenvalue weighted by atomic mass is 10.0. The van der Waals surface area contributed by atoms with Gasteiger partial charge in [0.05, 0.1) is 7.11 Å². The molecule has 3 N–H and O–H groups in total. The molecule has 0 fully saturated rings. The fraction of sp³-hybridized carbons (Fsp3) is 0.609. The number of nitrogens with zero attached hydrogens (tertiary/aromatic N) is 1. The number of ether oxygens (including phenoxy) is 3. The maximum atomic E-state index is 13.2. The van der Waals surface area contributed by atoms with Crippen LogP contribution in [-0.4, -0.2) is 61.0 Å². The van der Waals surface area contributed by atoms with Crippen LogP contribution in [0.25, 0.3) is 0 Å². The molecule has 0 saturated heterocycles. The van der Waals surface area contributed by atoms with Crippen LogP contribution in [0.5, 0.6) is 0 Å². The second kappa shape index (κ2) is 12.2. The van der Waals surface area contributed by atoms with E-state index in [-0.39, 0.29) is 24.0 Å². The molecule has 2 atom stereocenters. The van der Waals surface area contributed by atoms with Gasteiger partial charge in [0.1, 0.15) is 30.1 Å². The number of allylic oxidation sites excluding steroid dienone is 1. The summed E-state index contributed by atoms with van der Waals surface area (Å²) >= 11 is 0. The molecule has 194 valence electrons. The number of aryl methyl sites for hydroxylation is 1. The van der Waals surface area contributed by atoms with Crippen LogP contribution >= 0.6 is 0 Å². The molecular weight excluding hydrogens is 460 g/mol. The molecule has 1 aromatic rings. The van der Waals surface area contributed by atoms with E-state index >= 15 is 0 Å². The number of carbonyl (C=O) groups is 4. The summed E-state index contributed by atoms with van der Waals surface area (Å²) in [5.74, 6) is -1.08. The van der Waals surface area contributed by atoms with Crippen molar-refractivity contribution in [1.82, 2.24) is 20.9 Å². The number of methoxy groups -OCH3 is 1. The molecule has 0 aromatic carbocycles. The van der Waals surface area contributed by atoms with Crippen molar-refractivity contribution in [2.24, 2.45) is 5.92 Å². The van der Waals surface area contributed by atoms with E-state index in [4.69, 9.17) is 18.6 Å². The third kappa shape index (κ3) is 8.62. The van der Waals surface area contributed by atoms with Gasteiger partial charge in [-0.3, -0.25) is 4.79 Å². The van der Waals surface area contributed by atoms with E-state index in [1.165, 1.54) is 7.11 Å². The lowest BCUT2D eigenvalue weighted by molar-refractivity contribution is -0.125. The first kappa shape index (κ1) is 27.7. The van der Waals surface area contributed by atoms with E-state index in [0.717, 1.165) is 0 Å². The SMILES string of the molecule is COC(=O)c1nc2oc1CCC=CCNC(=O)OCC(NC(=O)OC(C)(C)C)C(=O)NC2C(C)C. The van der Waals surface area contributed by atoms with E-state index < -0.39 is 48.4 Å². The molecule has 12 heteroatoms. The number of alkyl carbamates (subject to hydrolysis) is 2. The van der Waals surface area contributed by atoms with Crippen LogP contribution in [0.1, 0.15) is 69.2 Å². The van der Waals surface area contributed by atoms with Crippen LogP contribution in [0.2, 0.25) is 0 Å². The first-order chi connectivity index (χ1) is 16.4. The Morgan fingerprint density at radius 2 is 1.94 bits per heavy atom. The summed E-state index contributed by atoms with van der Waals surface area (Å²) in [6.45, 7) is 8.42. The van der Waals surface area contributed by atoms with Crippen molar-refractivity contribution in [1.29, 1.82) is 0 Å². The summed E-state index contributed by atoms with van der Waals surface area (Å²) in [5.41, 5.74) is -0.775. The minimum Gasteiger partial charge on any atom is -0.464 e. The minimum atomic E-state index is -1.27. The van der Waals surface area contributed by atoms with E-state index in [1.807, 2.05) is 19.9 Å². The highest BCUT2D eigenvalue weighted by molar-refractivity contribution is 5.88. The molecular formula is C23H34N4O8. The zero-order valence-electron chi connectivity index (χ0n) is 20.9. The molecule has 1 aromatic heterocycles. The molecule has 1 aliphatic heterocycles. The van der Waals surface area contributed by atoms with Crippen LogP contribution in [0.3, 0.4) is 0 Å². The van der Waals surface area contributed by atoms with Crippen LogP contribution in [-0.2, 0) is 25.4 Å². The number of cyclic esters (lactones) is 1. The van der Waals surface area contributed by atoms with E-state index in [2.05, 4.69) is 20.9 Å². The monoisotopic (exact) mass is 494 g/mol. The first-order valence-electron chi connectivity index (χ1n) is 11.3. The summed E-state index contributed by atoms with van der Waals surface area (Å²) in [5, 5.41) is 7.72. The summed E-state index contributed by atoms with van der Waals surface area (Å²) in [4.78, 5) is 54.1. The highest BCUT2D eigenvalue weighted by Gasteiger charge is 2.32. The maximum Gasteiger partial charge on any atom is 0.408 e. The fourth-order valence-corrected chi connectivity index (χ4v) is 3.10. The number of esters is 1. The second-order valence-corrected chi connectivity index (χ2v) is 9.23. The van der Waals surface area contributed by atoms with Gasteiger partial charge in [-0.15, -0.1) is 0 Å². The number of amides is 3. The van der Waals surface area contributed by atoms with E-state index in [1.54, 1.807) is 26.8 Å².